The van der Waals surface area contributed by atoms with Gasteiger partial charge in [0.2, 0.25) is 0 Å². The molecule has 81 valence electrons. The predicted molar refractivity (Wildman–Crippen MR) is 63.5 cm³/mol. The molecule has 0 unspecified atom stereocenters. The minimum Gasteiger partial charge on any atom is -0.461 e. The van der Waals surface area contributed by atoms with E-state index in [2.05, 4.69) is 0 Å². The second kappa shape index (κ2) is 7.35. The van der Waals surface area contributed by atoms with Gasteiger partial charge in [-0.3, -0.25) is 4.79 Å². The van der Waals surface area contributed by atoms with E-state index in [0.29, 0.717) is 6.61 Å². The number of rotatable bonds is 6. The van der Waals surface area contributed by atoms with Crippen LogP contribution in [0.25, 0.3) is 0 Å². The Balaban J connectivity index is 2.17. The Morgan fingerprint density at radius 1 is 1.40 bits per heavy atom. The van der Waals surface area contributed by atoms with Crippen LogP contribution in [0.3, 0.4) is 0 Å². The number of hydrogen-bond donors (Lipinski definition) is 0. The normalized spacial score (nSPS) is 9.93. The zero-order valence-electron chi connectivity index (χ0n) is 8.81. The molecule has 0 saturated carbocycles. The van der Waals surface area contributed by atoms with Gasteiger partial charge < -0.3 is 4.74 Å². The molecular weight excluding hydrogens is 208 g/mol. The minimum absolute atomic E-state index is 0.229. The average molecular weight is 223 g/mol. The Labute approximate surface area is 95.0 Å². The monoisotopic (exact) mass is 223 g/mol. The maximum atomic E-state index is 11.2. The third kappa shape index (κ3) is 5.47. The highest BCUT2D eigenvalue weighted by Gasteiger charge is 2.02. The summed E-state index contributed by atoms with van der Waals surface area (Å²) in [6.07, 6.45) is 4.39. The van der Waals surface area contributed by atoms with E-state index >= 15 is 0 Å². The van der Waals surface area contributed by atoms with Gasteiger partial charge in [0.05, 0.1) is 6.42 Å². The lowest BCUT2D eigenvalue weighted by Crippen LogP contribution is -2.05. The molecule has 0 N–H and O–H groups in total. The third-order valence-electron chi connectivity index (χ3n) is 1.86. The van der Waals surface area contributed by atoms with Gasteiger partial charge in [-0.05, 0) is 24.0 Å². The summed E-state index contributed by atoms with van der Waals surface area (Å²) in [6, 6.07) is 9.68. The Morgan fingerprint density at radius 3 is 2.80 bits per heavy atom. The van der Waals surface area contributed by atoms with E-state index in [0.717, 1.165) is 17.7 Å². The zero-order valence-corrected chi connectivity index (χ0v) is 9.63. The lowest BCUT2D eigenvalue weighted by molar-refractivity contribution is -0.140. The number of carbonyl (C=O) groups is 1. The van der Waals surface area contributed by atoms with Crippen LogP contribution in [0, 0.1) is 6.42 Å². The molecular formula is C12H15O2S. The quantitative estimate of drug-likeness (QED) is 0.548. The molecule has 0 saturated heterocycles. The van der Waals surface area contributed by atoms with Gasteiger partial charge in [-0.25, -0.2) is 0 Å². The molecule has 0 aliphatic heterocycles. The second-order valence-corrected chi connectivity index (χ2v) is 4.06. The molecule has 1 aromatic rings. The summed E-state index contributed by atoms with van der Waals surface area (Å²) in [5, 5.41) is 0. The van der Waals surface area contributed by atoms with Gasteiger partial charge in [0.25, 0.3) is 0 Å². The van der Waals surface area contributed by atoms with Crippen LogP contribution in [-0.4, -0.2) is 18.0 Å². The number of carbonyl (C=O) groups excluding carboxylic acids is 1. The highest BCUT2D eigenvalue weighted by atomic mass is 32.2. The highest BCUT2D eigenvalue weighted by Crippen LogP contribution is 2.03. The van der Waals surface area contributed by atoms with E-state index in [1.165, 1.54) is 0 Å². The van der Waals surface area contributed by atoms with E-state index in [4.69, 9.17) is 4.74 Å². The first-order valence-corrected chi connectivity index (χ1v) is 6.25. The zero-order chi connectivity index (χ0) is 10.9. The van der Waals surface area contributed by atoms with Gasteiger partial charge >= 0.3 is 5.97 Å². The number of hydrogen-bond acceptors (Lipinski definition) is 3. The molecule has 0 spiro atoms. The van der Waals surface area contributed by atoms with Crippen molar-refractivity contribution in [2.24, 2.45) is 0 Å². The molecule has 0 amide bonds. The summed E-state index contributed by atoms with van der Waals surface area (Å²) in [5.74, 6) is 0.730. The fourth-order valence-corrected chi connectivity index (χ4v) is 1.44. The molecule has 1 aromatic carbocycles. The lowest BCUT2D eigenvalue weighted by atomic mass is 10.2. The SMILES string of the molecule is CSCC[CH]C(=O)OCc1ccccc1. The largest absolute Gasteiger partial charge is 0.461 e. The third-order valence-corrected chi connectivity index (χ3v) is 2.50. The standard InChI is InChI=1S/C12H15O2S/c1-15-9-5-8-12(13)14-10-11-6-3-2-4-7-11/h2-4,6-8H,5,9-10H2,1H3. The number of esters is 1. The van der Waals surface area contributed by atoms with Crippen molar-refractivity contribution < 1.29 is 9.53 Å². The van der Waals surface area contributed by atoms with Gasteiger partial charge in [0, 0.05) is 0 Å². The Bertz CT molecular complexity index is 285. The van der Waals surface area contributed by atoms with Crippen LogP contribution >= 0.6 is 11.8 Å². The molecule has 0 bridgehead atoms. The number of ether oxygens (including phenoxy) is 1. The summed E-state index contributed by atoms with van der Waals surface area (Å²) < 4.78 is 5.07. The van der Waals surface area contributed by atoms with E-state index < -0.39 is 0 Å². The Hall–Kier alpha value is -0.960. The van der Waals surface area contributed by atoms with E-state index in [9.17, 15) is 4.79 Å². The van der Waals surface area contributed by atoms with Crippen LogP contribution in [0.2, 0.25) is 0 Å². The van der Waals surface area contributed by atoms with E-state index in [-0.39, 0.29) is 5.97 Å². The van der Waals surface area contributed by atoms with Gasteiger partial charge in [0.15, 0.2) is 0 Å². The predicted octanol–water partition coefficient (Wildman–Crippen LogP) is 2.69. The highest BCUT2D eigenvalue weighted by molar-refractivity contribution is 7.98. The fraction of sp³-hybridized carbons (Fsp3) is 0.333. The second-order valence-electron chi connectivity index (χ2n) is 3.08. The minimum atomic E-state index is -0.229. The van der Waals surface area contributed by atoms with Crippen molar-refractivity contribution in [1.29, 1.82) is 0 Å². The first kappa shape index (κ1) is 12.1. The summed E-state index contributed by atoms with van der Waals surface area (Å²) >= 11 is 1.72. The number of benzene rings is 1. The van der Waals surface area contributed by atoms with Crippen LogP contribution in [0.4, 0.5) is 0 Å². The van der Waals surface area contributed by atoms with Crippen LogP contribution in [0.1, 0.15) is 12.0 Å². The fourth-order valence-electron chi connectivity index (χ4n) is 1.08. The maximum Gasteiger partial charge on any atom is 0.310 e. The summed E-state index contributed by atoms with van der Waals surface area (Å²) in [4.78, 5) is 11.2. The smallest absolute Gasteiger partial charge is 0.310 e. The summed E-state index contributed by atoms with van der Waals surface area (Å²) in [7, 11) is 0. The van der Waals surface area contributed by atoms with E-state index in [1.54, 1.807) is 18.2 Å². The van der Waals surface area contributed by atoms with Crippen molar-refractivity contribution in [3.63, 3.8) is 0 Å². The van der Waals surface area contributed by atoms with Crippen molar-refractivity contribution in [3.8, 4) is 0 Å². The molecule has 0 aliphatic rings. The molecule has 0 aliphatic carbocycles. The van der Waals surface area contributed by atoms with Gasteiger partial charge in [-0.15, -0.1) is 0 Å². The Morgan fingerprint density at radius 2 is 2.13 bits per heavy atom. The van der Waals surface area contributed by atoms with Crippen molar-refractivity contribution in [2.45, 2.75) is 13.0 Å². The van der Waals surface area contributed by atoms with Crippen molar-refractivity contribution in [3.05, 3.63) is 42.3 Å². The topological polar surface area (TPSA) is 26.3 Å². The molecule has 0 fully saturated rings. The maximum absolute atomic E-state index is 11.2. The first-order chi connectivity index (χ1) is 7.33. The molecule has 3 heteroatoms. The molecule has 2 nitrogen and oxygen atoms in total. The van der Waals surface area contributed by atoms with Crippen LogP contribution < -0.4 is 0 Å². The molecule has 0 atom stereocenters. The van der Waals surface area contributed by atoms with Crippen molar-refractivity contribution >= 4 is 17.7 Å². The Kier molecular flexibility index (Phi) is 5.93. The van der Waals surface area contributed by atoms with Crippen LogP contribution in [0.5, 0.6) is 0 Å². The molecule has 1 rings (SSSR count). The summed E-state index contributed by atoms with van der Waals surface area (Å²) in [6.45, 7) is 0.357. The lowest BCUT2D eigenvalue weighted by Gasteiger charge is -2.03. The molecule has 0 heterocycles. The van der Waals surface area contributed by atoms with Crippen LogP contribution in [-0.2, 0) is 16.1 Å². The van der Waals surface area contributed by atoms with Gasteiger partial charge in [-0.1, -0.05) is 30.3 Å². The van der Waals surface area contributed by atoms with Crippen LogP contribution in [0.15, 0.2) is 30.3 Å². The average Bonchev–Trinajstić information content (AvgIpc) is 2.28. The van der Waals surface area contributed by atoms with E-state index in [1.807, 2.05) is 36.6 Å². The first-order valence-electron chi connectivity index (χ1n) is 4.86. The van der Waals surface area contributed by atoms with Gasteiger partial charge in [-0.2, -0.15) is 11.8 Å². The molecule has 0 aromatic heterocycles. The summed E-state index contributed by atoms with van der Waals surface area (Å²) in [5.41, 5.74) is 1.02. The van der Waals surface area contributed by atoms with Gasteiger partial charge in [0.1, 0.15) is 6.61 Å². The van der Waals surface area contributed by atoms with Crippen molar-refractivity contribution in [2.75, 3.05) is 12.0 Å². The number of thioether (sulfide) groups is 1. The van der Waals surface area contributed by atoms with Crippen molar-refractivity contribution in [1.82, 2.24) is 0 Å². The molecule has 15 heavy (non-hydrogen) atoms. The molecule has 1 radical (unpaired) electrons.